The zero-order chi connectivity index (χ0) is 16.4. The molecule has 1 atom stereocenters. The fourth-order valence-corrected chi connectivity index (χ4v) is 3.46. The number of piperidine rings is 1. The summed E-state index contributed by atoms with van der Waals surface area (Å²) in [5.74, 6) is 2.15. The Balaban J connectivity index is 1.34. The molecule has 0 saturated carbocycles. The van der Waals surface area contributed by atoms with Gasteiger partial charge in [-0.3, -0.25) is 9.89 Å². The summed E-state index contributed by atoms with van der Waals surface area (Å²) in [6.07, 6.45) is 5.17. The van der Waals surface area contributed by atoms with Crippen molar-refractivity contribution in [1.29, 1.82) is 0 Å². The van der Waals surface area contributed by atoms with Gasteiger partial charge in [0, 0.05) is 37.3 Å². The maximum atomic E-state index is 12.6. The minimum absolute atomic E-state index is 0.219. The Bertz CT molecular complexity index is 714. The second kappa shape index (κ2) is 6.55. The number of aromatic amines is 1. The Morgan fingerprint density at radius 2 is 2.21 bits per heavy atom. The van der Waals surface area contributed by atoms with E-state index in [4.69, 9.17) is 9.47 Å². The van der Waals surface area contributed by atoms with Crippen LogP contribution in [0.3, 0.4) is 0 Å². The van der Waals surface area contributed by atoms with Crippen molar-refractivity contribution in [2.45, 2.75) is 31.6 Å². The third-order valence-corrected chi connectivity index (χ3v) is 4.80. The second-order valence-corrected chi connectivity index (χ2v) is 6.38. The van der Waals surface area contributed by atoms with Gasteiger partial charge < -0.3 is 14.4 Å². The van der Waals surface area contributed by atoms with Gasteiger partial charge in [0.1, 0.15) is 0 Å². The molecule has 0 radical (unpaired) electrons. The SMILES string of the molecule is O=C(CCc1ccc2c(c1)OCO2)N1CCC[C@H](c2ccn[nH]2)C1. The lowest BCUT2D eigenvalue weighted by Gasteiger charge is -2.32. The molecule has 1 aromatic carbocycles. The van der Waals surface area contributed by atoms with E-state index in [1.54, 1.807) is 6.20 Å². The molecular weight excluding hydrogens is 306 g/mol. The van der Waals surface area contributed by atoms with Crippen LogP contribution < -0.4 is 9.47 Å². The van der Waals surface area contributed by atoms with E-state index in [9.17, 15) is 4.79 Å². The fourth-order valence-electron chi connectivity index (χ4n) is 3.46. The molecule has 1 amide bonds. The Morgan fingerprint density at radius 1 is 1.29 bits per heavy atom. The highest BCUT2D eigenvalue weighted by atomic mass is 16.7. The lowest BCUT2D eigenvalue weighted by Crippen LogP contribution is -2.39. The molecule has 0 aliphatic carbocycles. The number of carbonyl (C=O) groups excluding carboxylic acids is 1. The predicted molar refractivity (Wildman–Crippen MR) is 88.0 cm³/mol. The van der Waals surface area contributed by atoms with Crippen LogP contribution in [0.1, 0.15) is 36.4 Å². The highest BCUT2D eigenvalue weighted by Crippen LogP contribution is 2.33. The van der Waals surface area contributed by atoms with Gasteiger partial charge in [0.2, 0.25) is 12.7 Å². The van der Waals surface area contributed by atoms with Gasteiger partial charge in [0.25, 0.3) is 0 Å². The number of rotatable bonds is 4. The van der Waals surface area contributed by atoms with Crippen LogP contribution >= 0.6 is 0 Å². The molecule has 1 saturated heterocycles. The van der Waals surface area contributed by atoms with Crippen molar-refractivity contribution in [3.63, 3.8) is 0 Å². The molecule has 6 heteroatoms. The maximum absolute atomic E-state index is 12.6. The van der Waals surface area contributed by atoms with Crippen molar-refractivity contribution in [2.75, 3.05) is 19.9 Å². The highest BCUT2D eigenvalue weighted by molar-refractivity contribution is 5.76. The summed E-state index contributed by atoms with van der Waals surface area (Å²) in [4.78, 5) is 14.6. The lowest BCUT2D eigenvalue weighted by atomic mass is 9.94. The number of hydrogen-bond donors (Lipinski definition) is 1. The van der Waals surface area contributed by atoms with E-state index in [2.05, 4.69) is 10.2 Å². The number of H-pyrrole nitrogens is 1. The molecule has 2 aliphatic heterocycles. The normalized spacial score (nSPS) is 19.5. The van der Waals surface area contributed by atoms with E-state index >= 15 is 0 Å². The fraction of sp³-hybridized carbons (Fsp3) is 0.444. The van der Waals surface area contributed by atoms with E-state index in [1.807, 2.05) is 29.2 Å². The molecular formula is C18H21N3O3. The standard InChI is InChI=1S/C18H21N3O3/c22-18(6-4-13-3-5-16-17(10-13)24-12-23-16)21-9-1-2-14(11-21)15-7-8-19-20-15/h3,5,7-8,10,14H,1-2,4,6,9,11-12H2,(H,19,20)/t14-/m0/s1. The van der Waals surface area contributed by atoms with Crippen LogP contribution in [-0.4, -0.2) is 40.9 Å². The van der Waals surface area contributed by atoms with Crippen molar-refractivity contribution >= 4 is 5.91 Å². The summed E-state index contributed by atoms with van der Waals surface area (Å²) in [6.45, 7) is 1.91. The number of benzene rings is 1. The minimum atomic E-state index is 0.219. The Hall–Kier alpha value is -2.50. The number of aryl methyl sites for hydroxylation is 1. The van der Waals surface area contributed by atoms with Crippen LogP contribution in [0, 0.1) is 0 Å². The Morgan fingerprint density at radius 3 is 3.08 bits per heavy atom. The monoisotopic (exact) mass is 327 g/mol. The summed E-state index contributed by atoms with van der Waals surface area (Å²) >= 11 is 0. The third-order valence-electron chi connectivity index (χ3n) is 4.80. The van der Waals surface area contributed by atoms with E-state index in [-0.39, 0.29) is 12.7 Å². The number of nitrogens with zero attached hydrogens (tertiary/aromatic N) is 2. The number of fused-ring (bicyclic) bond motifs is 1. The van der Waals surface area contributed by atoms with Gasteiger partial charge in [0.05, 0.1) is 0 Å². The zero-order valence-electron chi connectivity index (χ0n) is 13.5. The van der Waals surface area contributed by atoms with Crippen LogP contribution in [0.2, 0.25) is 0 Å². The largest absolute Gasteiger partial charge is 0.454 e. The zero-order valence-corrected chi connectivity index (χ0v) is 13.5. The first kappa shape index (κ1) is 15.1. The molecule has 1 N–H and O–H groups in total. The van der Waals surface area contributed by atoms with Crippen LogP contribution in [0.5, 0.6) is 11.5 Å². The molecule has 0 spiro atoms. The van der Waals surface area contributed by atoms with Crippen LogP contribution in [0.25, 0.3) is 0 Å². The summed E-state index contributed by atoms with van der Waals surface area (Å²) in [6, 6.07) is 7.90. The predicted octanol–water partition coefficient (Wildman–Crippen LogP) is 2.48. The summed E-state index contributed by atoms with van der Waals surface area (Å²) in [5.41, 5.74) is 2.23. The minimum Gasteiger partial charge on any atom is -0.454 e. The number of likely N-dealkylation sites (tertiary alicyclic amines) is 1. The molecule has 126 valence electrons. The Kier molecular flexibility index (Phi) is 4.11. The molecule has 2 aliphatic rings. The van der Waals surface area contributed by atoms with E-state index < -0.39 is 0 Å². The van der Waals surface area contributed by atoms with Crippen LogP contribution in [-0.2, 0) is 11.2 Å². The van der Waals surface area contributed by atoms with E-state index in [1.165, 1.54) is 0 Å². The van der Waals surface area contributed by atoms with Crippen molar-refractivity contribution in [2.24, 2.45) is 0 Å². The first-order chi connectivity index (χ1) is 11.8. The van der Waals surface area contributed by atoms with E-state index in [0.29, 0.717) is 12.3 Å². The first-order valence-corrected chi connectivity index (χ1v) is 8.45. The molecule has 0 bridgehead atoms. The maximum Gasteiger partial charge on any atom is 0.231 e. The molecule has 4 rings (SSSR count). The third kappa shape index (κ3) is 3.09. The molecule has 1 fully saturated rings. The number of hydrogen-bond acceptors (Lipinski definition) is 4. The number of carbonyl (C=O) groups is 1. The van der Waals surface area contributed by atoms with Crippen molar-refractivity contribution in [3.8, 4) is 11.5 Å². The smallest absolute Gasteiger partial charge is 0.231 e. The topological polar surface area (TPSA) is 67.5 Å². The van der Waals surface area contributed by atoms with Gasteiger partial charge in [-0.05, 0) is 43.0 Å². The molecule has 6 nitrogen and oxygen atoms in total. The quantitative estimate of drug-likeness (QED) is 0.937. The van der Waals surface area contributed by atoms with Gasteiger partial charge in [-0.25, -0.2) is 0 Å². The Labute approximate surface area is 140 Å². The van der Waals surface area contributed by atoms with Gasteiger partial charge in [0.15, 0.2) is 11.5 Å². The molecule has 2 aromatic rings. The second-order valence-electron chi connectivity index (χ2n) is 6.38. The number of ether oxygens (including phenoxy) is 2. The van der Waals surface area contributed by atoms with Crippen molar-refractivity contribution in [1.82, 2.24) is 15.1 Å². The van der Waals surface area contributed by atoms with Gasteiger partial charge in [-0.1, -0.05) is 6.07 Å². The average molecular weight is 327 g/mol. The first-order valence-electron chi connectivity index (χ1n) is 8.45. The summed E-state index contributed by atoms with van der Waals surface area (Å²) in [7, 11) is 0. The molecule has 24 heavy (non-hydrogen) atoms. The lowest BCUT2D eigenvalue weighted by molar-refractivity contribution is -0.132. The van der Waals surface area contributed by atoms with Gasteiger partial charge in [-0.2, -0.15) is 5.10 Å². The molecule has 0 unspecified atom stereocenters. The highest BCUT2D eigenvalue weighted by Gasteiger charge is 2.25. The van der Waals surface area contributed by atoms with Crippen LogP contribution in [0.15, 0.2) is 30.5 Å². The van der Waals surface area contributed by atoms with Gasteiger partial charge >= 0.3 is 0 Å². The van der Waals surface area contributed by atoms with Gasteiger partial charge in [-0.15, -0.1) is 0 Å². The molecule has 3 heterocycles. The van der Waals surface area contributed by atoms with E-state index in [0.717, 1.165) is 55.1 Å². The van der Waals surface area contributed by atoms with Crippen LogP contribution in [0.4, 0.5) is 0 Å². The van der Waals surface area contributed by atoms with Crippen molar-refractivity contribution < 1.29 is 14.3 Å². The van der Waals surface area contributed by atoms with Crippen molar-refractivity contribution in [3.05, 3.63) is 41.7 Å². The number of aromatic nitrogens is 2. The average Bonchev–Trinajstić information content (AvgIpc) is 3.30. The summed E-state index contributed by atoms with van der Waals surface area (Å²) in [5, 5.41) is 7.06. The number of amides is 1. The summed E-state index contributed by atoms with van der Waals surface area (Å²) < 4.78 is 10.7. The number of nitrogens with one attached hydrogen (secondary N) is 1. The molecule has 1 aromatic heterocycles.